The molecule has 134 valence electrons. The van der Waals surface area contributed by atoms with Crippen molar-refractivity contribution >= 4 is 23.9 Å². The van der Waals surface area contributed by atoms with E-state index in [1.807, 2.05) is 12.1 Å². The highest BCUT2D eigenvalue weighted by Gasteiger charge is 2.22. The minimum absolute atomic E-state index is 0.00112. The van der Waals surface area contributed by atoms with Crippen molar-refractivity contribution in [3.05, 3.63) is 35.9 Å². The first-order valence-electron chi connectivity index (χ1n) is 8.02. The first kappa shape index (κ1) is 18.5. The van der Waals surface area contributed by atoms with Crippen molar-refractivity contribution in [1.29, 1.82) is 0 Å². The molecule has 25 heavy (non-hydrogen) atoms. The SMILES string of the molecule is COc1cccc(/C=C/C(=O)OCC(=O)N2CCN(C(C)=O)CC2)c1. The van der Waals surface area contributed by atoms with E-state index in [0.29, 0.717) is 31.9 Å². The first-order valence-corrected chi connectivity index (χ1v) is 8.02. The van der Waals surface area contributed by atoms with Crippen LogP contribution in [0.25, 0.3) is 6.08 Å². The zero-order chi connectivity index (χ0) is 18.2. The van der Waals surface area contributed by atoms with Gasteiger partial charge in [-0.05, 0) is 23.8 Å². The van der Waals surface area contributed by atoms with Crippen LogP contribution in [-0.2, 0) is 19.1 Å². The first-order chi connectivity index (χ1) is 12.0. The van der Waals surface area contributed by atoms with Crippen molar-refractivity contribution in [2.24, 2.45) is 0 Å². The molecule has 0 spiro atoms. The molecule has 7 nitrogen and oxygen atoms in total. The molecule has 1 saturated heterocycles. The summed E-state index contributed by atoms with van der Waals surface area (Å²) in [4.78, 5) is 38.3. The Kier molecular flexibility index (Phi) is 6.56. The van der Waals surface area contributed by atoms with Crippen LogP contribution in [0.3, 0.4) is 0 Å². The van der Waals surface area contributed by atoms with Crippen LogP contribution in [0.5, 0.6) is 5.75 Å². The van der Waals surface area contributed by atoms with E-state index in [4.69, 9.17) is 9.47 Å². The Morgan fingerprint density at radius 3 is 2.44 bits per heavy atom. The van der Waals surface area contributed by atoms with Gasteiger partial charge in [-0.3, -0.25) is 9.59 Å². The van der Waals surface area contributed by atoms with Crippen LogP contribution in [0.15, 0.2) is 30.3 Å². The van der Waals surface area contributed by atoms with Crippen molar-refractivity contribution in [3.8, 4) is 5.75 Å². The van der Waals surface area contributed by atoms with Gasteiger partial charge in [0.1, 0.15) is 5.75 Å². The van der Waals surface area contributed by atoms with Gasteiger partial charge in [-0.25, -0.2) is 4.79 Å². The molecular weight excluding hydrogens is 324 g/mol. The highest BCUT2D eigenvalue weighted by atomic mass is 16.5. The standard InChI is InChI=1S/C18H22N2O5/c1-14(21)19-8-10-20(11-9-19)17(22)13-25-18(23)7-6-15-4-3-5-16(12-15)24-2/h3-7,12H,8-11,13H2,1-2H3/b7-6+. The maximum absolute atomic E-state index is 12.0. The highest BCUT2D eigenvalue weighted by Crippen LogP contribution is 2.13. The van der Waals surface area contributed by atoms with Gasteiger partial charge in [0.05, 0.1) is 7.11 Å². The molecule has 0 N–H and O–H groups in total. The molecule has 0 unspecified atom stereocenters. The predicted molar refractivity (Wildman–Crippen MR) is 91.8 cm³/mol. The Balaban J connectivity index is 1.76. The summed E-state index contributed by atoms with van der Waals surface area (Å²) in [6.45, 7) is 3.12. The van der Waals surface area contributed by atoms with E-state index in [2.05, 4.69) is 0 Å². The van der Waals surface area contributed by atoms with E-state index < -0.39 is 5.97 Å². The fourth-order valence-corrected chi connectivity index (χ4v) is 2.45. The summed E-state index contributed by atoms with van der Waals surface area (Å²) >= 11 is 0. The quantitative estimate of drug-likeness (QED) is 0.586. The van der Waals surface area contributed by atoms with Crippen LogP contribution in [0.1, 0.15) is 12.5 Å². The molecule has 1 aliphatic rings. The smallest absolute Gasteiger partial charge is 0.331 e. The van der Waals surface area contributed by atoms with Gasteiger partial charge >= 0.3 is 5.97 Å². The molecule has 0 atom stereocenters. The zero-order valence-corrected chi connectivity index (χ0v) is 14.4. The molecule has 1 aromatic carbocycles. The lowest BCUT2D eigenvalue weighted by Crippen LogP contribution is -2.51. The van der Waals surface area contributed by atoms with E-state index in [1.54, 1.807) is 35.1 Å². The Morgan fingerprint density at radius 2 is 1.80 bits per heavy atom. The Hall–Kier alpha value is -2.83. The summed E-state index contributed by atoms with van der Waals surface area (Å²) in [5, 5.41) is 0. The topological polar surface area (TPSA) is 76.2 Å². The van der Waals surface area contributed by atoms with Gasteiger partial charge in [0, 0.05) is 39.2 Å². The lowest BCUT2D eigenvalue weighted by Gasteiger charge is -2.34. The Bertz CT molecular complexity index is 663. The second-order valence-electron chi connectivity index (χ2n) is 5.60. The molecule has 1 aliphatic heterocycles. The van der Waals surface area contributed by atoms with Crippen molar-refractivity contribution in [1.82, 2.24) is 9.80 Å². The summed E-state index contributed by atoms with van der Waals surface area (Å²) in [6.07, 6.45) is 2.87. The van der Waals surface area contributed by atoms with E-state index in [0.717, 1.165) is 5.56 Å². The normalized spacial score (nSPS) is 14.5. The molecular formula is C18H22N2O5. The number of ether oxygens (including phenoxy) is 2. The third-order valence-corrected chi connectivity index (χ3v) is 3.92. The number of esters is 1. The van der Waals surface area contributed by atoms with E-state index >= 15 is 0 Å². The van der Waals surface area contributed by atoms with Gasteiger partial charge in [0.25, 0.3) is 5.91 Å². The van der Waals surface area contributed by atoms with Gasteiger partial charge in [0.15, 0.2) is 6.61 Å². The van der Waals surface area contributed by atoms with E-state index in [9.17, 15) is 14.4 Å². The van der Waals surface area contributed by atoms with Gasteiger partial charge in [-0.15, -0.1) is 0 Å². The predicted octanol–water partition coefficient (Wildman–Crippen LogP) is 0.942. The molecule has 2 rings (SSSR count). The molecule has 0 saturated carbocycles. The second-order valence-corrected chi connectivity index (χ2v) is 5.60. The average molecular weight is 346 g/mol. The molecule has 0 aromatic heterocycles. The van der Waals surface area contributed by atoms with Crippen LogP contribution >= 0.6 is 0 Å². The summed E-state index contributed by atoms with van der Waals surface area (Å²) in [6, 6.07) is 7.23. The average Bonchev–Trinajstić information content (AvgIpc) is 2.64. The molecule has 0 radical (unpaired) electrons. The van der Waals surface area contributed by atoms with E-state index in [1.165, 1.54) is 13.0 Å². The number of methoxy groups -OCH3 is 1. The largest absolute Gasteiger partial charge is 0.497 e. The number of benzene rings is 1. The van der Waals surface area contributed by atoms with Crippen LogP contribution < -0.4 is 4.74 Å². The molecule has 0 aliphatic carbocycles. The second kappa shape index (κ2) is 8.86. The maximum atomic E-state index is 12.0. The van der Waals surface area contributed by atoms with Crippen molar-refractivity contribution in [3.63, 3.8) is 0 Å². The van der Waals surface area contributed by atoms with Crippen molar-refractivity contribution in [2.75, 3.05) is 39.9 Å². The Labute approximate surface area is 146 Å². The third-order valence-electron chi connectivity index (χ3n) is 3.92. The summed E-state index contributed by atoms with van der Waals surface area (Å²) in [7, 11) is 1.57. The maximum Gasteiger partial charge on any atom is 0.331 e. The minimum atomic E-state index is -0.585. The highest BCUT2D eigenvalue weighted by molar-refractivity contribution is 5.89. The summed E-state index contributed by atoms with van der Waals surface area (Å²) in [5.41, 5.74) is 0.794. The van der Waals surface area contributed by atoms with Gasteiger partial charge in [0.2, 0.25) is 5.91 Å². The lowest BCUT2D eigenvalue weighted by molar-refractivity contribution is -0.149. The van der Waals surface area contributed by atoms with E-state index in [-0.39, 0.29) is 18.4 Å². The molecule has 7 heteroatoms. The fourth-order valence-electron chi connectivity index (χ4n) is 2.45. The zero-order valence-electron chi connectivity index (χ0n) is 14.4. The number of nitrogens with zero attached hydrogens (tertiary/aromatic N) is 2. The van der Waals surface area contributed by atoms with Crippen LogP contribution in [-0.4, -0.2) is 67.5 Å². The van der Waals surface area contributed by atoms with Gasteiger partial charge in [-0.1, -0.05) is 12.1 Å². The molecule has 1 fully saturated rings. The monoisotopic (exact) mass is 346 g/mol. The van der Waals surface area contributed by atoms with Crippen molar-refractivity contribution < 1.29 is 23.9 Å². The Morgan fingerprint density at radius 1 is 1.12 bits per heavy atom. The number of hydrogen-bond donors (Lipinski definition) is 0. The minimum Gasteiger partial charge on any atom is -0.497 e. The number of carbonyl (C=O) groups is 3. The summed E-state index contributed by atoms with van der Waals surface area (Å²) < 4.78 is 10.1. The number of carbonyl (C=O) groups excluding carboxylic acids is 3. The van der Waals surface area contributed by atoms with Crippen LogP contribution in [0.2, 0.25) is 0 Å². The number of rotatable bonds is 5. The lowest BCUT2D eigenvalue weighted by atomic mass is 10.2. The molecule has 0 bridgehead atoms. The molecule has 1 heterocycles. The van der Waals surface area contributed by atoms with Gasteiger partial charge < -0.3 is 19.3 Å². The fraction of sp³-hybridized carbons (Fsp3) is 0.389. The number of amides is 2. The van der Waals surface area contributed by atoms with Crippen molar-refractivity contribution in [2.45, 2.75) is 6.92 Å². The summed E-state index contributed by atoms with van der Waals surface area (Å²) in [5.74, 6) is -0.151. The third kappa shape index (κ3) is 5.63. The van der Waals surface area contributed by atoms with Crippen LogP contribution in [0, 0.1) is 0 Å². The van der Waals surface area contributed by atoms with Crippen LogP contribution in [0.4, 0.5) is 0 Å². The van der Waals surface area contributed by atoms with Gasteiger partial charge in [-0.2, -0.15) is 0 Å². The number of piperazine rings is 1. The molecule has 1 aromatic rings. The number of hydrogen-bond acceptors (Lipinski definition) is 5. The molecule has 2 amide bonds.